The van der Waals surface area contributed by atoms with E-state index < -0.39 is 0 Å². The van der Waals surface area contributed by atoms with Gasteiger partial charge in [-0.25, -0.2) is 4.98 Å². The van der Waals surface area contributed by atoms with Crippen molar-refractivity contribution in [3.8, 4) is 11.3 Å². The van der Waals surface area contributed by atoms with E-state index in [1.807, 2.05) is 30.5 Å². The first kappa shape index (κ1) is 10.1. The zero-order chi connectivity index (χ0) is 10.7. The minimum absolute atomic E-state index is 0.345. The lowest BCUT2D eigenvalue weighted by atomic mass is 10.2. The molecule has 76 valence electrons. The molecule has 0 saturated heterocycles. The minimum Gasteiger partial charge on any atom is -0.330 e. The number of halogens is 1. The van der Waals surface area contributed by atoms with Gasteiger partial charge in [-0.15, -0.1) is 0 Å². The van der Waals surface area contributed by atoms with E-state index in [4.69, 9.17) is 0 Å². The van der Waals surface area contributed by atoms with E-state index in [1.165, 1.54) is 0 Å². The molecule has 0 bridgehead atoms. The molecule has 0 N–H and O–H groups in total. The Morgan fingerprint density at radius 3 is 2.93 bits per heavy atom. The Kier molecular flexibility index (Phi) is 2.97. The van der Waals surface area contributed by atoms with Crippen LogP contribution >= 0.6 is 15.9 Å². The van der Waals surface area contributed by atoms with Crippen LogP contribution in [0.3, 0.4) is 0 Å². The Morgan fingerprint density at radius 1 is 1.40 bits per heavy atom. The molecule has 3 nitrogen and oxygen atoms in total. The van der Waals surface area contributed by atoms with Crippen LogP contribution in [0.25, 0.3) is 11.3 Å². The maximum Gasteiger partial charge on any atom is 0.139 e. The van der Waals surface area contributed by atoms with Crippen LogP contribution in [0, 0.1) is 0 Å². The average molecular weight is 265 g/mol. The predicted molar refractivity (Wildman–Crippen MR) is 61.4 cm³/mol. The second-order valence-electron chi connectivity index (χ2n) is 3.10. The summed E-state index contributed by atoms with van der Waals surface area (Å²) >= 11 is 3.46. The van der Waals surface area contributed by atoms with Gasteiger partial charge in [0, 0.05) is 16.2 Å². The monoisotopic (exact) mass is 264 g/mol. The van der Waals surface area contributed by atoms with E-state index in [0.717, 1.165) is 22.0 Å². The molecule has 0 saturated carbocycles. The number of carbonyl (C=O) groups is 1. The molecule has 0 fully saturated rings. The van der Waals surface area contributed by atoms with Gasteiger partial charge in [-0.05, 0) is 6.07 Å². The molecule has 2 aromatic rings. The second-order valence-corrected chi connectivity index (χ2v) is 3.96. The Morgan fingerprint density at radius 2 is 2.20 bits per heavy atom. The molecule has 1 aromatic heterocycles. The summed E-state index contributed by atoms with van der Waals surface area (Å²) in [7, 11) is 0. The fraction of sp³-hybridized carbons (Fsp3) is 0.0909. The summed E-state index contributed by atoms with van der Waals surface area (Å²) in [5.41, 5.74) is 1.89. The maximum atomic E-state index is 10.3. The summed E-state index contributed by atoms with van der Waals surface area (Å²) in [6.07, 6.45) is 4.36. The number of benzene rings is 1. The fourth-order valence-electron chi connectivity index (χ4n) is 1.35. The molecule has 0 radical (unpaired) electrons. The molecular weight excluding hydrogens is 256 g/mol. The summed E-state index contributed by atoms with van der Waals surface area (Å²) in [4.78, 5) is 14.6. The molecule has 2 rings (SSSR count). The van der Waals surface area contributed by atoms with Gasteiger partial charge in [-0.2, -0.15) is 0 Å². The molecule has 0 aliphatic carbocycles. The molecule has 0 spiro atoms. The number of aldehydes is 1. The molecule has 15 heavy (non-hydrogen) atoms. The van der Waals surface area contributed by atoms with E-state index in [1.54, 1.807) is 10.9 Å². The van der Waals surface area contributed by atoms with Gasteiger partial charge in [-0.3, -0.25) is 0 Å². The molecule has 1 heterocycles. The van der Waals surface area contributed by atoms with Crippen LogP contribution in [0.4, 0.5) is 0 Å². The third-order valence-corrected chi connectivity index (χ3v) is 2.76. The van der Waals surface area contributed by atoms with Crippen LogP contribution in [-0.4, -0.2) is 15.8 Å². The van der Waals surface area contributed by atoms with Crippen molar-refractivity contribution in [1.82, 2.24) is 9.55 Å². The topological polar surface area (TPSA) is 34.9 Å². The number of aromatic nitrogens is 2. The number of rotatable bonds is 3. The third-order valence-electron chi connectivity index (χ3n) is 2.07. The Hall–Kier alpha value is -1.42. The van der Waals surface area contributed by atoms with Crippen LogP contribution in [0.15, 0.2) is 41.3 Å². The first-order chi connectivity index (χ1) is 7.31. The number of imidazole rings is 1. The molecule has 1 aromatic carbocycles. The lowest BCUT2D eigenvalue weighted by Crippen LogP contribution is -1.93. The van der Waals surface area contributed by atoms with Gasteiger partial charge in [0.25, 0.3) is 0 Å². The smallest absolute Gasteiger partial charge is 0.139 e. The molecule has 0 unspecified atom stereocenters. The van der Waals surface area contributed by atoms with Crippen LogP contribution < -0.4 is 0 Å². The van der Waals surface area contributed by atoms with Crippen LogP contribution in [0.1, 0.15) is 0 Å². The molecule has 4 heteroatoms. The van der Waals surface area contributed by atoms with Gasteiger partial charge in [0.1, 0.15) is 6.29 Å². The summed E-state index contributed by atoms with van der Waals surface area (Å²) in [6.45, 7) is 0.345. The molecular formula is C11H9BrN2O. The van der Waals surface area contributed by atoms with Gasteiger partial charge in [0.15, 0.2) is 0 Å². The summed E-state index contributed by atoms with van der Waals surface area (Å²) in [5, 5.41) is 0. The van der Waals surface area contributed by atoms with Crippen molar-refractivity contribution in [3.63, 3.8) is 0 Å². The van der Waals surface area contributed by atoms with Gasteiger partial charge in [0.05, 0.1) is 18.6 Å². The maximum absolute atomic E-state index is 10.3. The first-order valence-electron chi connectivity index (χ1n) is 4.51. The first-order valence-corrected chi connectivity index (χ1v) is 5.31. The SMILES string of the molecule is O=CCn1cnc(-c2ccccc2Br)c1. The van der Waals surface area contributed by atoms with Crippen molar-refractivity contribution in [2.75, 3.05) is 0 Å². The summed E-state index contributed by atoms with van der Waals surface area (Å²) in [5.74, 6) is 0. The highest BCUT2D eigenvalue weighted by atomic mass is 79.9. The summed E-state index contributed by atoms with van der Waals surface area (Å²) < 4.78 is 2.75. The lowest BCUT2D eigenvalue weighted by molar-refractivity contribution is -0.108. The van der Waals surface area contributed by atoms with Gasteiger partial charge in [-0.1, -0.05) is 34.1 Å². The number of carbonyl (C=O) groups excluding carboxylic acids is 1. The molecule has 0 amide bonds. The number of nitrogens with zero attached hydrogens (tertiary/aromatic N) is 2. The Labute approximate surface area is 95.9 Å². The minimum atomic E-state index is 0.345. The Bertz CT molecular complexity index is 479. The van der Waals surface area contributed by atoms with E-state index >= 15 is 0 Å². The zero-order valence-corrected chi connectivity index (χ0v) is 9.52. The van der Waals surface area contributed by atoms with Crippen molar-refractivity contribution in [1.29, 1.82) is 0 Å². The van der Waals surface area contributed by atoms with Gasteiger partial charge < -0.3 is 9.36 Å². The second kappa shape index (κ2) is 4.40. The highest BCUT2D eigenvalue weighted by Crippen LogP contribution is 2.25. The normalized spacial score (nSPS) is 10.2. The average Bonchev–Trinajstić information content (AvgIpc) is 2.68. The zero-order valence-electron chi connectivity index (χ0n) is 7.93. The van der Waals surface area contributed by atoms with Gasteiger partial charge >= 0.3 is 0 Å². The molecule has 0 atom stereocenters. The molecule has 0 aliphatic heterocycles. The quantitative estimate of drug-likeness (QED) is 0.799. The standard InChI is InChI=1S/C11H9BrN2O/c12-10-4-2-1-3-9(10)11-7-14(5-6-15)8-13-11/h1-4,6-8H,5H2. The van der Waals surface area contributed by atoms with E-state index in [9.17, 15) is 4.79 Å². The van der Waals surface area contributed by atoms with E-state index in [-0.39, 0.29) is 0 Å². The van der Waals surface area contributed by atoms with Crippen LogP contribution in [0.2, 0.25) is 0 Å². The Balaban J connectivity index is 2.37. The predicted octanol–water partition coefficient (Wildman–Crippen LogP) is 2.51. The van der Waals surface area contributed by atoms with Crippen LogP contribution in [-0.2, 0) is 11.3 Å². The third kappa shape index (κ3) is 2.15. The highest BCUT2D eigenvalue weighted by molar-refractivity contribution is 9.10. The number of hydrogen-bond donors (Lipinski definition) is 0. The van der Waals surface area contributed by atoms with Crippen molar-refractivity contribution in [2.24, 2.45) is 0 Å². The van der Waals surface area contributed by atoms with Crippen molar-refractivity contribution >= 4 is 22.2 Å². The van der Waals surface area contributed by atoms with Crippen molar-refractivity contribution in [3.05, 3.63) is 41.3 Å². The van der Waals surface area contributed by atoms with Crippen molar-refractivity contribution < 1.29 is 4.79 Å². The van der Waals surface area contributed by atoms with E-state index in [2.05, 4.69) is 20.9 Å². The fourth-order valence-corrected chi connectivity index (χ4v) is 1.84. The highest BCUT2D eigenvalue weighted by Gasteiger charge is 2.04. The lowest BCUT2D eigenvalue weighted by Gasteiger charge is -1.98. The number of hydrogen-bond acceptors (Lipinski definition) is 2. The van der Waals surface area contributed by atoms with Crippen LogP contribution in [0.5, 0.6) is 0 Å². The molecule has 0 aliphatic rings. The van der Waals surface area contributed by atoms with E-state index in [0.29, 0.717) is 6.54 Å². The van der Waals surface area contributed by atoms with Gasteiger partial charge in [0.2, 0.25) is 0 Å². The largest absolute Gasteiger partial charge is 0.330 e. The summed E-state index contributed by atoms with van der Waals surface area (Å²) in [6, 6.07) is 7.86. The van der Waals surface area contributed by atoms with Crippen molar-refractivity contribution in [2.45, 2.75) is 6.54 Å².